The third kappa shape index (κ3) is 5.08. The van der Waals surface area contributed by atoms with Gasteiger partial charge in [0.25, 0.3) is 11.8 Å². The number of thiophene rings is 1. The van der Waals surface area contributed by atoms with Crippen molar-refractivity contribution in [3.63, 3.8) is 0 Å². The lowest BCUT2D eigenvalue weighted by Crippen LogP contribution is -2.17. The molecule has 2 heterocycles. The SMILES string of the molecule is Cc1ccc(NC(=O)c2cc(N(C)C)cc(C(F)(F)F)c2)cc1NC(=O)c1csc2c(N)ncnc12. The van der Waals surface area contributed by atoms with Crippen molar-refractivity contribution in [1.29, 1.82) is 0 Å². The summed E-state index contributed by atoms with van der Waals surface area (Å²) in [7, 11) is 3.17. The van der Waals surface area contributed by atoms with Crippen molar-refractivity contribution >= 4 is 56.2 Å². The maximum absolute atomic E-state index is 13.4. The molecule has 4 N–H and O–H groups in total. The average molecular weight is 515 g/mol. The summed E-state index contributed by atoms with van der Waals surface area (Å²) in [6, 6.07) is 7.95. The van der Waals surface area contributed by atoms with Crippen LogP contribution in [0.1, 0.15) is 31.8 Å². The molecule has 8 nitrogen and oxygen atoms in total. The molecule has 0 aliphatic rings. The summed E-state index contributed by atoms with van der Waals surface area (Å²) < 4.78 is 40.7. The number of hydrogen-bond donors (Lipinski definition) is 3. The minimum Gasteiger partial charge on any atom is -0.382 e. The lowest BCUT2D eigenvalue weighted by atomic mass is 10.1. The minimum atomic E-state index is -4.61. The van der Waals surface area contributed by atoms with E-state index in [0.717, 1.165) is 12.1 Å². The van der Waals surface area contributed by atoms with Gasteiger partial charge in [0.05, 0.1) is 21.3 Å². The Bertz CT molecular complexity index is 1480. The van der Waals surface area contributed by atoms with E-state index in [1.165, 1.54) is 34.7 Å². The first-order valence-corrected chi connectivity index (χ1v) is 11.4. The number of nitrogen functional groups attached to an aromatic ring is 1. The Morgan fingerprint density at radius 1 is 1.03 bits per heavy atom. The van der Waals surface area contributed by atoms with Crippen LogP contribution in [0, 0.1) is 6.92 Å². The number of carbonyl (C=O) groups excluding carboxylic acids is 2. The van der Waals surface area contributed by atoms with Gasteiger partial charge in [0, 0.05) is 42.1 Å². The first-order valence-electron chi connectivity index (χ1n) is 10.5. The summed E-state index contributed by atoms with van der Waals surface area (Å²) in [5.41, 5.74) is 7.16. The molecule has 4 rings (SSSR count). The molecule has 0 unspecified atom stereocenters. The summed E-state index contributed by atoms with van der Waals surface area (Å²) in [6.45, 7) is 1.77. The number of anilines is 4. The van der Waals surface area contributed by atoms with Crippen LogP contribution in [0.5, 0.6) is 0 Å². The second-order valence-electron chi connectivity index (χ2n) is 8.18. The van der Waals surface area contributed by atoms with E-state index >= 15 is 0 Å². The van der Waals surface area contributed by atoms with Gasteiger partial charge in [-0.05, 0) is 42.8 Å². The fraction of sp³-hybridized carbons (Fsp3) is 0.167. The van der Waals surface area contributed by atoms with Crippen molar-refractivity contribution in [3.05, 3.63) is 70.4 Å². The van der Waals surface area contributed by atoms with E-state index in [1.807, 2.05) is 0 Å². The normalized spacial score (nSPS) is 11.4. The van der Waals surface area contributed by atoms with Crippen LogP contribution in [0.3, 0.4) is 0 Å². The summed E-state index contributed by atoms with van der Waals surface area (Å²) in [5.74, 6) is -0.877. The zero-order valence-corrected chi connectivity index (χ0v) is 20.2. The van der Waals surface area contributed by atoms with Gasteiger partial charge in [0.15, 0.2) is 0 Å². The zero-order valence-electron chi connectivity index (χ0n) is 19.4. The molecule has 4 aromatic rings. The van der Waals surface area contributed by atoms with Gasteiger partial charge < -0.3 is 21.3 Å². The summed E-state index contributed by atoms with van der Waals surface area (Å²) in [5, 5.41) is 7.02. The van der Waals surface area contributed by atoms with Crippen LogP contribution in [0.25, 0.3) is 10.2 Å². The van der Waals surface area contributed by atoms with E-state index in [-0.39, 0.29) is 17.1 Å². The maximum Gasteiger partial charge on any atom is 0.416 e. The summed E-state index contributed by atoms with van der Waals surface area (Å²) >= 11 is 1.25. The lowest BCUT2D eigenvalue weighted by molar-refractivity contribution is -0.137. The van der Waals surface area contributed by atoms with Crippen molar-refractivity contribution < 1.29 is 22.8 Å². The van der Waals surface area contributed by atoms with Crippen LogP contribution in [0.15, 0.2) is 48.1 Å². The molecule has 0 atom stereocenters. The summed E-state index contributed by atoms with van der Waals surface area (Å²) in [4.78, 5) is 35.3. The van der Waals surface area contributed by atoms with E-state index < -0.39 is 23.6 Å². The molecule has 0 saturated heterocycles. The van der Waals surface area contributed by atoms with Gasteiger partial charge in [-0.3, -0.25) is 9.59 Å². The number of nitrogens with one attached hydrogen (secondary N) is 2. The highest BCUT2D eigenvalue weighted by Crippen LogP contribution is 2.33. The first kappa shape index (κ1) is 24.9. The molecule has 2 amide bonds. The van der Waals surface area contributed by atoms with Crippen LogP contribution in [-0.2, 0) is 6.18 Å². The molecule has 2 aromatic heterocycles. The monoisotopic (exact) mass is 514 g/mol. The number of nitrogens with two attached hydrogens (primary N) is 1. The number of fused-ring (bicyclic) bond motifs is 1. The molecule has 2 aromatic carbocycles. The Morgan fingerprint density at radius 3 is 2.47 bits per heavy atom. The van der Waals surface area contributed by atoms with Crippen LogP contribution in [0.4, 0.5) is 36.1 Å². The second kappa shape index (κ2) is 9.46. The van der Waals surface area contributed by atoms with E-state index in [9.17, 15) is 22.8 Å². The fourth-order valence-corrected chi connectivity index (χ4v) is 4.32. The van der Waals surface area contributed by atoms with Gasteiger partial charge in [0.1, 0.15) is 12.1 Å². The average Bonchev–Trinajstić information content (AvgIpc) is 3.26. The predicted octanol–water partition coefficient (Wildman–Crippen LogP) is 5.17. The molecular formula is C24H21F3N6O2S. The molecular weight excluding hydrogens is 493 g/mol. The third-order valence-electron chi connectivity index (χ3n) is 5.39. The number of alkyl halides is 3. The molecule has 0 aliphatic heterocycles. The molecule has 0 aliphatic carbocycles. The second-order valence-corrected chi connectivity index (χ2v) is 9.06. The number of carbonyl (C=O) groups is 2. The van der Waals surface area contributed by atoms with Crippen LogP contribution in [0.2, 0.25) is 0 Å². The molecule has 12 heteroatoms. The molecule has 36 heavy (non-hydrogen) atoms. The number of nitrogens with zero attached hydrogens (tertiary/aromatic N) is 3. The molecule has 0 radical (unpaired) electrons. The number of aryl methyl sites for hydroxylation is 1. The zero-order chi connectivity index (χ0) is 26.2. The first-order chi connectivity index (χ1) is 16.9. The highest BCUT2D eigenvalue weighted by molar-refractivity contribution is 7.18. The van der Waals surface area contributed by atoms with E-state index in [0.29, 0.717) is 32.7 Å². The predicted molar refractivity (Wildman–Crippen MR) is 135 cm³/mol. The van der Waals surface area contributed by atoms with Gasteiger partial charge in [-0.2, -0.15) is 13.2 Å². The topological polar surface area (TPSA) is 113 Å². The molecule has 0 spiro atoms. The molecule has 186 valence electrons. The van der Waals surface area contributed by atoms with E-state index in [4.69, 9.17) is 5.73 Å². The number of halogens is 3. The van der Waals surface area contributed by atoms with Gasteiger partial charge in [-0.15, -0.1) is 11.3 Å². The van der Waals surface area contributed by atoms with Crippen molar-refractivity contribution in [2.45, 2.75) is 13.1 Å². The van der Waals surface area contributed by atoms with Gasteiger partial charge in [-0.25, -0.2) is 9.97 Å². The highest BCUT2D eigenvalue weighted by atomic mass is 32.1. The number of aromatic nitrogens is 2. The fourth-order valence-electron chi connectivity index (χ4n) is 3.42. The molecule has 0 fully saturated rings. The Morgan fingerprint density at radius 2 is 1.78 bits per heavy atom. The Balaban J connectivity index is 1.59. The van der Waals surface area contributed by atoms with Crippen molar-refractivity contribution in [3.8, 4) is 0 Å². The quantitative estimate of drug-likeness (QED) is 0.339. The summed E-state index contributed by atoms with van der Waals surface area (Å²) in [6.07, 6.45) is -3.33. The highest BCUT2D eigenvalue weighted by Gasteiger charge is 2.32. The number of hydrogen-bond acceptors (Lipinski definition) is 7. The molecule has 0 bridgehead atoms. The standard InChI is InChI=1S/C24H21F3N6O2S/c1-12-4-5-15(31-22(34)13-6-14(24(25,26)27)8-16(7-13)33(2)3)9-18(12)32-23(35)17-10-36-20-19(17)29-11-30-21(20)28/h4-11H,1-3H3,(H,31,34)(H,32,35)(H2,28,29,30). The van der Waals surface area contributed by atoms with E-state index in [1.54, 1.807) is 38.5 Å². The smallest absolute Gasteiger partial charge is 0.382 e. The van der Waals surface area contributed by atoms with Crippen molar-refractivity contribution in [2.24, 2.45) is 0 Å². The maximum atomic E-state index is 13.4. The van der Waals surface area contributed by atoms with Crippen LogP contribution < -0.4 is 21.3 Å². The Labute approximate surface area is 208 Å². The number of rotatable bonds is 5. The van der Waals surface area contributed by atoms with Crippen molar-refractivity contribution in [1.82, 2.24) is 9.97 Å². The van der Waals surface area contributed by atoms with Gasteiger partial charge in [0.2, 0.25) is 0 Å². The number of benzene rings is 2. The Kier molecular flexibility index (Phi) is 6.55. The van der Waals surface area contributed by atoms with E-state index in [2.05, 4.69) is 20.6 Å². The van der Waals surface area contributed by atoms with Crippen molar-refractivity contribution in [2.75, 3.05) is 35.4 Å². The van der Waals surface area contributed by atoms with Gasteiger partial charge >= 0.3 is 6.18 Å². The number of amides is 2. The van der Waals surface area contributed by atoms with Gasteiger partial charge in [-0.1, -0.05) is 6.07 Å². The van der Waals surface area contributed by atoms with Crippen LogP contribution in [-0.4, -0.2) is 35.9 Å². The van der Waals surface area contributed by atoms with Crippen LogP contribution >= 0.6 is 11.3 Å². The minimum absolute atomic E-state index is 0.151. The third-order valence-corrected chi connectivity index (χ3v) is 6.38. The molecule has 0 saturated carbocycles. The largest absolute Gasteiger partial charge is 0.416 e. The Hall–Kier alpha value is -4.19. The lowest BCUT2D eigenvalue weighted by Gasteiger charge is -2.17.